The number of hydrogen-bond donors (Lipinski definition) is 0. The third-order valence-electron chi connectivity index (χ3n) is 4.59. The Hall–Kier alpha value is -2.08. The van der Waals surface area contributed by atoms with Gasteiger partial charge >= 0.3 is 0 Å². The molecule has 0 aromatic heterocycles. The molecule has 0 heterocycles. The highest BCUT2D eigenvalue weighted by Crippen LogP contribution is 2.45. The highest BCUT2D eigenvalue weighted by molar-refractivity contribution is 5.74. The van der Waals surface area contributed by atoms with Crippen molar-refractivity contribution in [2.75, 3.05) is 0 Å². The zero-order valence-electron chi connectivity index (χ0n) is 11.8. The van der Waals surface area contributed by atoms with Crippen LogP contribution in [0.15, 0.2) is 59.7 Å². The molecule has 0 fully saturated rings. The fourth-order valence-corrected chi connectivity index (χ4v) is 3.62. The lowest BCUT2D eigenvalue weighted by Gasteiger charge is -2.17. The summed E-state index contributed by atoms with van der Waals surface area (Å²) >= 11 is 0. The lowest BCUT2D eigenvalue weighted by Crippen LogP contribution is -2.02. The molecule has 1 unspecified atom stereocenters. The first-order valence-corrected chi connectivity index (χ1v) is 7.44. The zero-order valence-corrected chi connectivity index (χ0v) is 11.8. The van der Waals surface area contributed by atoms with Crippen LogP contribution in [0.4, 0.5) is 0 Å². The summed E-state index contributed by atoms with van der Waals surface area (Å²) in [6.45, 7) is 2.27. The van der Waals surface area contributed by atoms with Crippen molar-refractivity contribution in [2.45, 2.75) is 25.7 Å². The molecular formula is C20H18. The van der Waals surface area contributed by atoms with E-state index >= 15 is 0 Å². The maximum absolute atomic E-state index is 2.41. The van der Waals surface area contributed by atoms with Gasteiger partial charge in [0.2, 0.25) is 0 Å². The Kier molecular flexibility index (Phi) is 2.63. The molecule has 0 aliphatic heterocycles. The number of benzene rings is 2. The zero-order chi connectivity index (χ0) is 13.5. The molecule has 2 aromatic carbocycles. The van der Waals surface area contributed by atoms with E-state index in [0.29, 0.717) is 5.92 Å². The Bertz CT molecular complexity index is 731. The second-order valence-corrected chi connectivity index (χ2v) is 5.73. The lowest BCUT2D eigenvalue weighted by atomic mass is 9.86. The van der Waals surface area contributed by atoms with Crippen molar-refractivity contribution >= 4 is 12.2 Å². The average Bonchev–Trinajstić information content (AvgIpc) is 3.07. The predicted molar refractivity (Wildman–Crippen MR) is 85.6 cm³/mol. The Labute approximate surface area is 120 Å². The van der Waals surface area contributed by atoms with Gasteiger partial charge in [0.05, 0.1) is 0 Å². The minimum atomic E-state index is 0.503. The van der Waals surface area contributed by atoms with E-state index in [1.807, 2.05) is 0 Å². The molecule has 0 N–H and O–H groups in total. The fourth-order valence-electron chi connectivity index (χ4n) is 3.62. The SMILES string of the molecule is CCC1=Cc2ccccc2C1C1=Cc2ccccc2C1. The third kappa shape index (κ3) is 1.68. The van der Waals surface area contributed by atoms with E-state index in [9.17, 15) is 0 Å². The normalized spacial score (nSPS) is 19.4. The number of hydrogen-bond acceptors (Lipinski definition) is 0. The van der Waals surface area contributed by atoms with E-state index in [1.165, 1.54) is 22.3 Å². The van der Waals surface area contributed by atoms with Crippen LogP contribution in [0.2, 0.25) is 0 Å². The highest BCUT2D eigenvalue weighted by atomic mass is 14.3. The van der Waals surface area contributed by atoms with Crippen LogP contribution in [0, 0.1) is 0 Å². The van der Waals surface area contributed by atoms with Gasteiger partial charge in [-0.2, -0.15) is 0 Å². The minimum Gasteiger partial charge on any atom is -0.0619 e. The highest BCUT2D eigenvalue weighted by Gasteiger charge is 2.29. The molecule has 4 rings (SSSR count). The van der Waals surface area contributed by atoms with E-state index in [-0.39, 0.29) is 0 Å². The first-order valence-electron chi connectivity index (χ1n) is 7.44. The number of rotatable bonds is 2. The van der Waals surface area contributed by atoms with Gasteiger partial charge < -0.3 is 0 Å². The Morgan fingerprint density at radius 1 is 0.900 bits per heavy atom. The molecule has 0 amide bonds. The van der Waals surface area contributed by atoms with Crippen LogP contribution in [-0.4, -0.2) is 0 Å². The molecule has 0 saturated carbocycles. The van der Waals surface area contributed by atoms with Crippen molar-refractivity contribution in [3.63, 3.8) is 0 Å². The van der Waals surface area contributed by atoms with Crippen LogP contribution in [0.5, 0.6) is 0 Å². The van der Waals surface area contributed by atoms with Gasteiger partial charge in [-0.25, -0.2) is 0 Å². The fraction of sp³-hybridized carbons (Fsp3) is 0.200. The molecule has 0 radical (unpaired) electrons. The Morgan fingerprint density at radius 2 is 1.65 bits per heavy atom. The summed E-state index contributed by atoms with van der Waals surface area (Å²) in [6.07, 6.45) is 7.04. The van der Waals surface area contributed by atoms with Crippen molar-refractivity contribution in [1.82, 2.24) is 0 Å². The second-order valence-electron chi connectivity index (χ2n) is 5.73. The number of allylic oxidation sites excluding steroid dienone is 2. The van der Waals surface area contributed by atoms with Gasteiger partial charge in [-0.3, -0.25) is 0 Å². The molecule has 0 nitrogen and oxygen atoms in total. The molecule has 0 heteroatoms. The van der Waals surface area contributed by atoms with E-state index in [2.05, 4.69) is 67.6 Å². The topological polar surface area (TPSA) is 0 Å². The molecule has 0 spiro atoms. The van der Waals surface area contributed by atoms with E-state index in [0.717, 1.165) is 12.8 Å². The average molecular weight is 258 g/mol. The monoisotopic (exact) mass is 258 g/mol. The van der Waals surface area contributed by atoms with Gasteiger partial charge in [-0.05, 0) is 35.1 Å². The molecule has 2 aromatic rings. The third-order valence-corrected chi connectivity index (χ3v) is 4.59. The van der Waals surface area contributed by atoms with Gasteiger partial charge in [0.15, 0.2) is 0 Å². The smallest absolute Gasteiger partial charge is 0.0273 e. The summed E-state index contributed by atoms with van der Waals surface area (Å²) in [5, 5.41) is 0. The molecule has 20 heavy (non-hydrogen) atoms. The summed E-state index contributed by atoms with van der Waals surface area (Å²) in [4.78, 5) is 0. The lowest BCUT2D eigenvalue weighted by molar-refractivity contribution is 0.868. The Morgan fingerprint density at radius 3 is 2.45 bits per heavy atom. The summed E-state index contributed by atoms with van der Waals surface area (Å²) in [7, 11) is 0. The molecule has 1 atom stereocenters. The summed E-state index contributed by atoms with van der Waals surface area (Å²) in [5.74, 6) is 0.503. The van der Waals surface area contributed by atoms with Gasteiger partial charge in [0.25, 0.3) is 0 Å². The maximum atomic E-state index is 2.41. The molecule has 98 valence electrons. The van der Waals surface area contributed by atoms with Crippen molar-refractivity contribution in [3.8, 4) is 0 Å². The minimum absolute atomic E-state index is 0.503. The van der Waals surface area contributed by atoms with Crippen molar-refractivity contribution in [3.05, 3.63) is 81.9 Å². The quantitative estimate of drug-likeness (QED) is 0.693. The van der Waals surface area contributed by atoms with Crippen LogP contribution >= 0.6 is 0 Å². The predicted octanol–water partition coefficient (Wildman–Crippen LogP) is 5.22. The van der Waals surface area contributed by atoms with Crippen LogP contribution < -0.4 is 0 Å². The standard InChI is InChI=1S/C20H18/c1-2-14-11-17-9-5-6-10-19(17)20(14)18-12-15-7-3-4-8-16(15)13-18/h3-12,20H,2,13H2,1H3. The van der Waals surface area contributed by atoms with Crippen LogP contribution in [-0.2, 0) is 6.42 Å². The summed E-state index contributed by atoms with van der Waals surface area (Å²) in [6, 6.07) is 17.6. The van der Waals surface area contributed by atoms with Crippen molar-refractivity contribution < 1.29 is 0 Å². The molecular weight excluding hydrogens is 240 g/mol. The van der Waals surface area contributed by atoms with Gasteiger partial charge in [-0.1, -0.05) is 78.8 Å². The van der Waals surface area contributed by atoms with Crippen molar-refractivity contribution in [1.29, 1.82) is 0 Å². The molecule has 2 aliphatic carbocycles. The molecule has 2 aliphatic rings. The molecule has 0 bridgehead atoms. The maximum Gasteiger partial charge on any atom is 0.0273 e. The summed E-state index contributed by atoms with van der Waals surface area (Å²) < 4.78 is 0. The van der Waals surface area contributed by atoms with E-state index < -0.39 is 0 Å². The largest absolute Gasteiger partial charge is 0.0619 e. The van der Waals surface area contributed by atoms with E-state index in [1.54, 1.807) is 11.1 Å². The van der Waals surface area contributed by atoms with Gasteiger partial charge in [0, 0.05) is 5.92 Å². The van der Waals surface area contributed by atoms with Crippen molar-refractivity contribution in [2.24, 2.45) is 0 Å². The first kappa shape index (κ1) is 11.7. The van der Waals surface area contributed by atoms with Crippen LogP contribution in [0.25, 0.3) is 12.2 Å². The van der Waals surface area contributed by atoms with E-state index in [4.69, 9.17) is 0 Å². The van der Waals surface area contributed by atoms with Crippen LogP contribution in [0.3, 0.4) is 0 Å². The number of fused-ring (bicyclic) bond motifs is 2. The first-order chi connectivity index (χ1) is 9.86. The van der Waals surface area contributed by atoms with Gasteiger partial charge in [-0.15, -0.1) is 0 Å². The van der Waals surface area contributed by atoms with Gasteiger partial charge in [0.1, 0.15) is 0 Å². The Balaban J connectivity index is 1.79. The summed E-state index contributed by atoms with van der Waals surface area (Å²) in [5.41, 5.74) is 8.90. The second kappa shape index (κ2) is 4.49. The molecule has 0 saturated heterocycles. The van der Waals surface area contributed by atoms with Crippen LogP contribution in [0.1, 0.15) is 41.5 Å².